The third-order valence-electron chi connectivity index (χ3n) is 7.40. The molecule has 1 aliphatic heterocycles. The van der Waals surface area contributed by atoms with Crippen molar-refractivity contribution in [3.05, 3.63) is 66.7 Å². The van der Waals surface area contributed by atoms with Gasteiger partial charge in [-0.3, -0.25) is 4.79 Å². The first-order valence-electron chi connectivity index (χ1n) is 12.8. The molecule has 2 fully saturated rings. The number of anilines is 3. The molecule has 0 atom stereocenters. The smallest absolute Gasteiger partial charge is 0.323 e. The van der Waals surface area contributed by atoms with Crippen molar-refractivity contribution in [2.24, 2.45) is 5.92 Å². The molecular weight excluding hydrogens is 436 g/mol. The predicted molar refractivity (Wildman–Crippen MR) is 143 cm³/mol. The molecule has 2 aliphatic rings. The van der Waals surface area contributed by atoms with Crippen LogP contribution in [-0.4, -0.2) is 43.0 Å². The Bertz CT molecular complexity index is 1160. The van der Waals surface area contributed by atoms with Gasteiger partial charge in [-0.2, -0.15) is 0 Å². The summed E-state index contributed by atoms with van der Waals surface area (Å²) in [5, 5.41) is 7.98. The van der Waals surface area contributed by atoms with Crippen LogP contribution < -0.4 is 15.5 Å². The fraction of sp³-hybridized carbons (Fsp3) is 0.379. The number of benzene rings is 3. The minimum Gasteiger partial charge on any atom is -0.368 e. The third-order valence-corrected chi connectivity index (χ3v) is 7.40. The summed E-state index contributed by atoms with van der Waals surface area (Å²) < 4.78 is 0. The number of carbonyl (C=O) groups is 2. The summed E-state index contributed by atoms with van der Waals surface area (Å²) in [6, 6.07) is 21.5. The van der Waals surface area contributed by atoms with Crippen LogP contribution in [0.3, 0.4) is 0 Å². The molecule has 0 spiro atoms. The highest BCUT2D eigenvalue weighted by atomic mass is 16.2. The van der Waals surface area contributed by atoms with E-state index in [1.165, 1.54) is 25.7 Å². The molecule has 1 aliphatic carbocycles. The molecule has 3 amide bonds. The lowest BCUT2D eigenvalue weighted by Gasteiger charge is -2.36. The summed E-state index contributed by atoms with van der Waals surface area (Å²) in [7, 11) is 0. The van der Waals surface area contributed by atoms with Crippen molar-refractivity contribution in [3.8, 4) is 0 Å². The largest absolute Gasteiger partial charge is 0.368 e. The Morgan fingerprint density at radius 2 is 1.51 bits per heavy atom. The van der Waals surface area contributed by atoms with Crippen molar-refractivity contribution in [2.75, 3.05) is 41.7 Å². The van der Waals surface area contributed by atoms with Crippen LogP contribution >= 0.6 is 0 Å². The van der Waals surface area contributed by atoms with Crippen LogP contribution in [0.4, 0.5) is 21.9 Å². The van der Waals surface area contributed by atoms with Crippen LogP contribution in [0.25, 0.3) is 10.8 Å². The second-order valence-corrected chi connectivity index (χ2v) is 9.71. The summed E-state index contributed by atoms with van der Waals surface area (Å²) in [5.41, 5.74) is 2.64. The number of rotatable bonds is 6. The molecule has 3 aromatic rings. The van der Waals surface area contributed by atoms with Crippen molar-refractivity contribution in [1.29, 1.82) is 0 Å². The zero-order valence-corrected chi connectivity index (χ0v) is 20.2. The van der Waals surface area contributed by atoms with Gasteiger partial charge < -0.3 is 20.4 Å². The van der Waals surface area contributed by atoms with Gasteiger partial charge in [-0.25, -0.2) is 4.79 Å². The van der Waals surface area contributed by atoms with Crippen LogP contribution in [0.15, 0.2) is 66.7 Å². The molecule has 1 heterocycles. The second kappa shape index (κ2) is 10.8. The molecule has 0 bridgehead atoms. The van der Waals surface area contributed by atoms with E-state index in [4.69, 9.17) is 0 Å². The summed E-state index contributed by atoms with van der Waals surface area (Å²) in [6.45, 7) is 3.22. The summed E-state index contributed by atoms with van der Waals surface area (Å²) in [6.07, 6.45) is 7.03. The molecule has 5 rings (SSSR count). The number of carbonyl (C=O) groups excluding carboxylic acids is 2. The number of hydrogen-bond acceptors (Lipinski definition) is 3. The number of fused-ring (bicyclic) bond motifs is 1. The topological polar surface area (TPSA) is 64.7 Å². The molecule has 1 saturated heterocycles. The molecule has 0 radical (unpaired) electrons. The number of piperazine rings is 1. The van der Waals surface area contributed by atoms with E-state index in [0.717, 1.165) is 66.4 Å². The van der Waals surface area contributed by atoms with Crippen molar-refractivity contribution in [3.63, 3.8) is 0 Å². The molecule has 35 heavy (non-hydrogen) atoms. The molecular formula is C29H34N4O2. The fourth-order valence-corrected chi connectivity index (χ4v) is 5.37. The van der Waals surface area contributed by atoms with Crippen LogP contribution in [0.2, 0.25) is 0 Å². The average Bonchev–Trinajstić information content (AvgIpc) is 3.42. The predicted octanol–water partition coefficient (Wildman–Crippen LogP) is 6.10. The Balaban J connectivity index is 1.10. The van der Waals surface area contributed by atoms with Crippen LogP contribution in [-0.2, 0) is 4.79 Å². The van der Waals surface area contributed by atoms with Gasteiger partial charge in [0.25, 0.3) is 0 Å². The fourth-order valence-electron chi connectivity index (χ4n) is 5.37. The van der Waals surface area contributed by atoms with Gasteiger partial charge in [-0.1, -0.05) is 62.1 Å². The van der Waals surface area contributed by atoms with Gasteiger partial charge in [0, 0.05) is 49.4 Å². The quantitative estimate of drug-likeness (QED) is 0.457. The zero-order chi connectivity index (χ0) is 24.0. The maximum Gasteiger partial charge on any atom is 0.323 e. The summed E-state index contributed by atoms with van der Waals surface area (Å²) in [4.78, 5) is 29.5. The van der Waals surface area contributed by atoms with Crippen LogP contribution in [0, 0.1) is 5.92 Å². The number of hydrogen-bond donors (Lipinski definition) is 2. The van der Waals surface area contributed by atoms with Gasteiger partial charge >= 0.3 is 6.03 Å². The van der Waals surface area contributed by atoms with Gasteiger partial charge in [0.15, 0.2) is 0 Å². The van der Waals surface area contributed by atoms with E-state index in [9.17, 15) is 9.59 Å². The standard InChI is InChI=1S/C29H34N4O2/c34-28(17-12-22-6-1-2-7-22)33-20-18-32(19-21-33)25-15-13-24(14-16-25)30-29(35)31-27-11-5-9-23-8-3-4-10-26(23)27/h3-5,8-11,13-16,22H,1-2,6-7,12,17-21H2,(H2,30,31,35). The van der Waals surface area contributed by atoms with E-state index in [1.54, 1.807) is 0 Å². The molecule has 6 nitrogen and oxygen atoms in total. The van der Waals surface area contributed by atoms with Gasteiger partial charge in [0.05, 0.1) is 5.69 Å². The van der Waals surface area contributed by atoms with Gasteiger partial charge in [0.1, 0.15) is 0 Å². The maximum atomic E-state index is 12.6. The monoisotopic (exact) mass is 470 g/mol. The Morgan fingerprint density at radius 3 is 2.29 bits per heavy atom. The highest BCUT2D eigenvalue weighted by molar-refractivity contribution is 6.06. The maximum absolute atomic E-state index is 12.6. The third kappa shape index (κ3) is 5.76. The van der Waals surface area contributed by atoms with Crippen LogP contribution in [0.1, 0.15) is 38.5 Å². The minimum absolute atomic E-state index is 0.265. The second-order valence-electron chi connectivity index (χ2n) is 9.71. The Labute approximate surface area is 207 Å². The van der Waals surface area contributed by atoms with E-state index in [2.05, 4.69) is 15.5 Å². The van der Waals surface area contributed by atoms with E-state index in [-0.39, 0.29) is 6.03 Å². The molecule has 0 unspecified atom stereocenters. The Kier molecular flexibility index (Phi) is 7.17. The first kappa shape index (κ1) is 23.2. The normalized spacial score (nSPS) is 16.5. The summed E-state index contributed by atoms with van der Waals surface area (Å²) in [5.74, 6) is 1.08. The summed E-state index contributed by atoms with van der Waals surface area (Å²) >= 11 is 0. The Morgan fingerprint density at radius 1 is 0.800 bits per heavy atom. The number of amides is 3. The Hall–Kier alpha value is -3.54. The lowest BCUT2D eigenvalue weighted by molar-refractivity contribution is -0.131. The van der Waals surface area contributed by atoms with Gasteiger partial charge in [0.2, 0.25) is 5.91 Å². The van der Waals surface area contributed by atoms with Crippen molar-refractivity contribution >= 4 is 39.8 Å². The van der Waals surface area contributed by atoms with Crippen molar-refractivity contribution in [1.82, 2.24) is 4.90 Å². The first-order chi connectivity index (χ1) is 17.2. The van der Waals surface area contributed by atoms with Crippen molar-refractivity contribution < 1.29 is 9.59 Å². The van der Waals surface area contributed by atoms with Gasteiger partial charge in [-0.05, 0) is 48.1 Å². The SMILES string of the molecule is O=C(Nc1ccc(N2CCN(C(=O)CCC3CCCC3)CC2)cc1)Nc1cccc2ccccc12. The highest BCUT2D eigenvalue weighted by Gasteiger charge is 2.23. The molecule has 3 aromatic carbocycles. The zero-order valence-electron chi connectivity index (χ0n) is 20.2. The number of nitrogens with zero attached hydrogens (tertiary/aromatic N) is 2. The molecule has 6 heteroatoms. The highest BCUT2D eigenvalue weighted by Crippen LogP contribution is 2.29. The van der Waals surface area contributed by atoms with E-state index < -0.39 is 0 Å². The molecule has 0 aromatic heterocycles. The van der Waals surface area contributed by atoms with Gasteiger partial charge in [-0.15, -0.1) is 0 Å². The minimum atomic E-state index is -0.265. The van der Waals surface area contributed by atoms with Crippen LogP contribution in [0.5, 0.6) is 0 Å². The van der Waals surface area contributed by atoms with Crippen molar-refractivity contribution in [2.45, 2.75) is 38.5 Å². The molecule has 2 N–H and O–H groups in total. The number of urea groups is 1. The molecule has 182 valence electrons. The average molecular weight is 471 g/mol. The lowest BCUT2D eigenvalue weighted by atomic mass is 10.0. The van der Waals surface area contributed by atoms with E-state index >= 15 is 0 Å². The number of nitrogens with one attached hydrogen (secondary N) is 2. The van der Waals surface area contributed by atoms with E-state index in [1.807, 2.05) is 71.6 Å². The lowest BCUT2D eigenvalue weighted by Crippen LogP contribution is -2.48. The molecule has 1 saturated carbocycles. The van der Waals surface area contributed by atoms with E-state index in [0.29, 0.717) is 12.3 Å². The first-order valence-corrected chi connectivity index (χ1v) is 12.8.